The van der Waals surface area contributed by atoms with Crippen LogP contribution in [0, 0.1) is 0 Å². The van der Waals surface area contributed by atoms with Gasteiger partial charge in [0.25, 0.3) is 0 Å². The first kappa shape index (κ1) is 14.3. The Morgan fingerprint density at radius 3 is 2.82 bits per heavy atom. The number of thiophene rings is 1. The number of benzene rings is 1. The van der Waals surface area contributed by atoms with E-state index in [1.165, 1.54) is 0 Å². The van der Waals surface area contributed by atoms with Crippen molar-refractivity contribution in [2.24, 2.45) is 0 Å². The van der Waals surface area contributed by atoms with Crippen LogP contribution in [0.3, 0.4) is 0 Å². The van der Waals surface area contributed by atoms with Crippen molar-refractivity contribution in [3.05, 3.63) is 59.6 Å². The Balaban J connectivity index is 1.47. The normalized spacial score (nSPS) is 10.4. The molecule has 0 amide bonds. The maximum Gasteiger partial charge on any atom is 0.344 e. The Kier molecular flexibility index (Phi) is 4.50. The average molecular weight is 315 g/mol. The molecule has 0 fully saturated rings. The SMILES string of the molecule is O=C(COc1ccccc1)OCc1cc(-c2cccs2)on1. The molecule has 0 unspecified atom stereocenters. The lowest BCUT2D eigenvalue weighted by molar-refractivity contribution is -0.147. The van der Waals surface area contributed by atoms with Gasteiger partial charge in [0.05, 0.1) is 4.88 Å². The number of rotatable bonds is 6. The van der Waals surface area contributed by atoms with Crippen molar-refractivity contribution in [3.8, 4) is 16.4 Å². The summed E-state index contributed by atoms with van der Waals surface area (Å²) in [5.41, 5.74) is 0.566. The monoisotopic (exact) mass is 315 g/mol. The van der Waals surface area contributed by atoms with Crippen LogP contribution in [0.5, 0.6) is 5.75 Å². The number of hydrogen-bond acceptors (Lipinski definition) is 6. The van der Waals surface area contributed by atoms with Gasteiger partial charge in [0.1, 0.15) is 18.1 Å². The van der Waals surface area contributed by atoms with Gasteiger partial charge in [-0.25, -0.2) is 4.79 Å². The maximum absolute atomic E-state index is 11.6. The predicted octanol–water partition coefficient (Wildman–Crippen LogP) is 3.53. The zero-order valence-corrected chi connectivity index (χ0v) is 12.4. The first-order chi connectivity index (χ1) is 10.8. The number of esters is 1. The van der Waals surface area contributed by atoms with Crippen LogP contribution in [0.2, 0.25) is 0 Å². The highest BCUT2D eigenvalue weighted by molar-refractivity contribution is 7.13. The molecule has 2 aromatic heterocycles. The summed E-state index contributed by atoms with van der Waals surface area (Å²) >= 11 is 1.56. The van der Waals surface area contributed by atoms with Crippen molar-refractivity contribution in [1.82, 2.24) is 5.16 Å². The zero-order valence-electron chi connectivity index (χ0n) is 11.6. The van der Waals surface area contributed by atoms with E-state index in [-0.39, 0.29) is 13.2 Å². The molecule has 5 nitrogen and oxygen atoms in total. The van der Waals surface area contributed by atoms with Gasteiger partial charge in [-0.1, -0.05) is 29.4 Å². The van der Waals surface area contributed by atoms with Crippen LogP contribution in [-0.2, 0) is 16.1 Å². The van der Waals surface area contributed by atoms with E-state index in [0.29, 0.717) is 17.2 Å². The summed E-state index contributed by atoms with van der Waals surface area (Å²) in [5, 5.41) is 5.83. The number of para-hydroxylation sites is 1. The Morgan fingerprint density at radius 1 is 1.18 bits per heavy atom. The van der Waals surface area contributed by atoms with Gasteiger partial charge in [-0.2, -0.15) is 0 Å². The first-order valence-corrected chi connectivity index (χ1v) is 7.52. The van der Waals surface area contributed by atoms with E-state index >= 15 is 0 Å². The van der Waals surface area contributed by atoms with Gasteiger partial charge in [-0.3, -0.25) is 0 Å². The summed E-state index contributed by atoms with van der Waals surface area (Å²) in [6.45, 7) is -0.0779. The van der Waals surface area contributed by atoms with E-state index in [1.54, 1.807) is 29.5 Å². The topological polar surface area (TPSA) is 61.6 Å². The van der Waals surface area contributed by atoms with Crippen molar-refractivity contribution in [3.63, 3.8) is 0 Å². The lowest BCUT2D eigenvalue weighted by atomic mass is 10.3. The molecule has 0 saturated carbocycles. The highest BCUT2D eigenvalue weighted by Crippen LogP contribution is 2.25. The fraction of sp³-hybridized carbons (Fsp3) is 0.125. The second kappa shape index (κ2) is 6.91. The third-order valence-corrected chi connectivity index (χ3v) is 3.69. The number of carbonyl (C=O) groups is 1. The van der Waals surface area contributed by atoms with Gasteiger partial charge in [0.2, 0.25) is 0 Å². The Labute approximate surface area is 131 Å². The highest BCUT2D eigenvalue weighted by atomic mass is 32.1. The summed E-state index contributed by atoms with van der Waals surface area (Å²) < 4.78 is 15.6. The van der Waals surface area contributed by atoms with Crippen molar-refractivity contribution in [1.29, 1.82) is 0 Å². The minimum atomic E-state index is -0.454. The summed E-state index contributed by atoms with van der Waals surface area (Å²) in [4.78, 5) is 12.6. The number of ether oxygens (including phenoxy) is 2. The lowest BCUT2D eigenvalue weighted by Crippen LogP contribution is -2.14. The van der Waals surface area contributed by atoms with E-state index in [2.05, 4.69) is 5.16 Å². The highest BCUT2D eigenvalue weighted by Gasteiger charge is 2.10. The molecule has 3 aromatic rings. The summed E-state index contributed by atoms with van der Waals surface area (Å²) in [6.07, 6.45) is 0. The molecule has 0 aliphatic heterocycles. The Morgan fingerprint density at radius 2 is 2.05 bits per heavy atom. The zero-order chi connectivity index (χ0) is 15.2. The minimum Gasteiger partial charge on any atom is -0.482 e. The van der Waals surface area contributed by atoms with Gasteiger partial charge in [0, 0.05) is 6.07 Å². The molecule has 3 rings (SSSR count). The molecule has 6 heteroatoms. The van der Waals surface area contributed by atoms with Gasteiger partial charge >= 0.3 is 5.97 Å². The Hall–Kier alpha value is -2.60. The molecule has 0 N–H and O–H groups in total. The number of hydrogen-bond donors (Lipinski definition) is 0. The Bertz CT molecular complexity index is 722. The van der Waals surface area contributed by atoms with Crippen LogP contribution >= 0.6 is 11.3 Å². The molecule has 0 radical (unpaired) electrons. The summed E-state index contributed by atoms with van der Waals surface area (Å²) in [5.74, 6) is 0.840. The minimum absolute atomic E-state index is 0.0614. The first-order valence-electron chi connectivity index (χ1n) is 6.64. The molecule has 0 saturated heterocycles. The molecular weight excluding hydrogens is 302 g/mol. The number of nitrogens with zero attached hydrogens (tertiary/aromatic N) is 1. The van der Waals surface area contributed by atoms with E-state index in [9.17, 15) is 4.79 Å². The van der Waals surface area contributed by atoms with Crippen LogP contribution in [-0.4, -0.2) is 17.7 Å². The quantitative estimate of drug-likeness (QED) is 0.651. The van der Waals surface area contributed by atoms with Crippen LogP contribution < -0.4 is 4.74 Å². The summed E-state index contributed by atoms with van der Waals surface area (Å²) in [7, 11) is 0. The maximum atomic E-state index is 11.6. The lowest BCUT2D eigenvalue weighted by Gasteiger charge is -2.05. The number of aromatic nitrogens is 1. The summed E-state index contributed by atoms with van der Waals surface area (Å²) in [6, 6.07) is 14.7. The second-order valence-electron chi connectivity index (χ2n) is 4.42. The molecule has 0 bridgehead atoms. The smallest absolute Gasteiger partial charge is 0.344 e. The van der Waals surface area contributed by atoms with E-state index in [1.807, 2.05) is 35.7 Å². The molecule has 22 heavy (non-hydrogen) atoms. The van der Waals surface area contributed by atoms with Crippen molar-refractivity contribution in [2.75, 3.05) is 6.61 Å². The largest absolute Gasteiger partial charge is 0.482 e. The third kappa shape index (κ3) is 3.73. The second-order valence-corrected chi connectivity index (χ2v) is 5.37. The van der Waals surface area contributed by atoms with Crippen molar-refractivity contribution >= 4 is 17.3 Å². The molecule has 0 spiro atoms. The van der Waals surface area contributed by atoms with Gasteiger partial charge in [-0.15, -0.1) is 11.3 Å². The fourth-order valence-electron chi connectivity index (χ4n) is 1.77. The van der Waals surface area contributed by atoms with E-state index in [4.69, 9.17) is 14.0 Å². The predicted molar refractivity (Wildman–Crippen MR) is 81.5 cm³/mol. The van der Waals surface area contributed by atoms with Gasteiger partial charge < -0.3 is 14.0 Å². The van der Waals surface area contributed by atoms with Gasteiger partial charge in [-0.05, 0) is 23.6 Å². The fourth-order valence-corrected chi connectivity index (χ4v) is 2.44. The molecular formula is C16H13NO4S. The van der Waals surface area contributed by atoms with Crippen LogP contribution in [0.15, 0.2) is 58.4 Å². The molecule has 112 valence electrons. The van der Waals surface area contributed by atoms with Crippen molar-refractivity contribution < 1.29 is 18.8 Å². The van der Waals surface area contributed by atoms with Crippen LogP contribution in [0.1, 0.15) is 5.69 Å². The molecule has 2 heterocycles. The van der Waals surface area contributed by atoms with Crippen molar-refractivity contribution in [2.45, 2.75) is 6.61 Å². The molecule has 0 atom stereocenters. The van der Waals surface area contributed by atoms with E-state index in [0.717, 1.165) is 4.88 Å². The van der Waals surface area contributed by atoms with Crippen LogP contribution in [0.25, 0.3) is 10.6 Å². The average Bonchev–Trinajstić information content (AvgIpc) is 3.22. The molecule has 0 aliphatic carbocycles. The molecule has 0 aliphatic rings. The molecule has 1 aromatic carbocycles. The standard InChI is InChI=1S/C16H13NO4S/c18-16(11-19-13-5-2-1-3-6-13)20-10-12-9-14(21-17-12)15-7-4-8-22-15/h1-9H,10-11H2. The van der Waals surface area contributed by atoms with Gasteiger partial charge in [0.15, 0.2) is 12.4 Å². The number of carbonyl (C=O) groups excluding carboxylic acids is 1. The third-order valence-electron chi connectivity index (χ3n) is 2.80. The van der Waals surface area contributed by atoms with E-state index < -0.39 is 5.97 Å². The van der Waals surface area contributed by atoms with Crippen LogP contribution in [0.4, 0.5) is 0 Å².